The van der Waals surface area contributed by atoms with E-state index in [-0.39, 0.29) is 12.2 Å². The van der Waals surface area contributed by atoms with Gasteiger partial charge in [0.25, 0.3) is 0 Å². The third-order valence-corrected chi connectivity index (χ3v) is 7.25. The van der Waals surface area contributed by atoms with E-state index in [1.54, 1.807) is 0 Å². The van der Waals surface area contributed by atoms with Gasteiger partial charge in [0.1, 0.15) is 18.1 Å². The van der Waals surface area contributed by atoms with E-state index in [0.717, 1.165) is 11.7 Å². The number of nitrogens with zero attached hydrogens (tertiary/aromatic N) is 2. The van der Waals surface area contributed by atoms with Crippen molar-refractivity contribution in [1.29, 1.82) is 0 Å². The number of phosphoric ester groups is 1. The van der Waals surface area contributed by atoms with Crippen LogP contribution in [0.2, 0.25) is 0 Å². The molecule has 6 atom stereocenters. The highest BCUT2D eigenvalue weighted by atomic mass is 31.3. The van der Waals surface area contributed by atoms with E-state index in [2.05, 4.69) is 18.1 Å². The Morgan fingerprint density at radius 2 is 1.87 bits per heavy atom. The number of methoxy groups -OCH3 is 1. The standard InChI is InChI=1S/C10H18N3O14P3/c1-23-9(25-29(19,20)27-30(21,22)26-28(16,17)18)8-5(14)4-7(24-8)13-3-2-6(11)12-10(13)15/h2-3,5,7-9,14H,4H2,1H3,(H,19,20)(H,21,22)(H2,11,12,15)(H2,16,17,18)/t5-,7+,8-,9?/m0/s1. The summed E-state index contributed by atoms with van der Waals surface area (Å²) in [6, 6.07) is 1.28. The minimum Gasteiger partial charge on any atom is -0.390 e. The van der Waals surface area contributed by atoms with Crippen molar-refractivity contribution in [2.75, 3.05) is 12.8 Å². The van der Waals surface area contributed by atoms with E-state index >= 15 is 0 Å². The van der Waals surface area contributed by atoms with Gasteiger partial charge in [-0.2, -0.15) is 13.6 Å². The smallest absolute Gasteiger partial charge is 0.390 e. The van der Waals surface area contributed by atoms with Crippen LogP contribution < -0.4 is 11.4 Å². The van der Waals surface area contributed by atoms with Crippen LogP contribution in [0.4, 0.5) is 5.82 Å². The van der Waals surface area contributed by atoms with Crippen molar-refractivity contribution in [3.63, 3.8) is 0 Å². The molecule has 1 aromatic rings. The van der Waals surface area contributed by atoms with Gasteiger partial charge < -0.3 is 39.9 Å². The lowest BCUT2D eigenvalue weighted by Gasteiger charge is -2.26. The molecule has 172 valence electrons. The maximum absolute atomic E-state index is 11.9. The average Bonchev–Trinajstić information content (AvgIpc) is 2.90. The number of aromatic nitrogens is 2. The number of anilines is 1. The van der Waals surface area contributed by atoms with Crippen molar-refractivity contribution < 1.29 is 61.0 Å². The van der Waals surface area contributed by atoms with E-state index in [9.17, 15) is 28.5 Å². The lowest BCUT2D eigenvalue weighted by molar-refractivity contribution is -0.176. The first-order valence-corrected chi connectivity index (χ1v) is 12.2. The van der Waals surface area contributed by atoms with E-state index < -0.39 is 53.9 Å². The predicted molar refractivity (Wildman–Crippen MR) is 93.2 cm³/mol. The Kier molecular flexibility index (Phi) is 7.76. The summed E-state index contributed by atoms with van der Waals surface area (Å²) in [6.45, 7) is 0. The Balaban J connectivity index is 2.13. The van der Waals surface area contributed by atoms with E-state index in [0.29, 0.717) is 0 Å². The lowest BCUT2D eigenvalue weighted by Crippen LogP contribution is -2.37. The Bertz CT molecular complexity index is 963. The maximum Gasteiger partial charge on any atom is 0.490 e. The van der Waals surface area contributed by atoms with Crippen LogP contribution in [0.5, 0.6) is 0 Å². The molecule has 0 spiro atoms. The summed E-state index contributed by atoms with van der Waals surface area (Å²) in [5.41, 5.74) is 4.57. The Morgan fingerprint density at radius 1 is 1.23 bits per heavy atom. The summed E-state index contributed by atoms with van der Waals surface area (Å²) in [4.78, 5) is 51.1. The van der Waals surface area contributed by atoms with Gasteiger partial charge in [0, 0.05) is 19.7 Å². The molecule has 7 N–H and O–H groups in total. The molecular formula is C10H18N3O14P3. The number of hydrogen-bond donors (Lipinski definition) is 6. The van der Waals surface area contributed by atoms with Gasteiger partial charge in [-0.15, -0.1) is 0 Å². The molecule has 20 heteroatoms. The Labute approximate surface area is 167 Å². The van der Waals surface area contributed by atoms with Crippen LogP contribution in [0.15, 0.2) is 17.1 Å². The molecule has 2 rings (SSSR count). The highest BCUT2D eigenvalue weighted by molar-refractivity contribution is 7.66. The topological polar surface area (TPSA) is 259 Å². The van der Waals surface area contributed by atoms with Gasteiger partial charge in [-0.25, -0.2) is 18.5 Å². The first-order chi connectivity index (χ1) is 13.6. The highest BCUT2D eigenvalue weighted by Gasteiger charge is 2.47. The van der Waals surface area contributed by atoms with Crippen molar-refractivity contribution in [2.24, 2.45) is 0 Å². The number of hydrogen-bond acceptors (Lipinski definition) is 12. The minimum atomic E-state index is -5.75. The zero-order valence-corrected chi connectivity index (χ0v) is 17.6. The maximum atomic E-state index is 11.9. The van der Waals surface area contributed by atoms with Gasteiger partial charge >= 0.3 is 29.2 Å². The van der Waals surface area contributed by atoms with Crippen LogP contribution in [0, 0.1) is 0 Å². The molecule has 0 saturated carbocycles. The second-order valence-corrected chi connectivity index (χ2v) is 10.1. The second kappa shape index (κ2) is 9.22. The lowest BCUT2D eigenvalue weighted by atomic mass is 10.2. The molecule has 0 aromatic carbocycles. The molecule has 1 aliphatic heterocycles. The summed E-state index contributed by atoms with van der Waals surface area (Å²) < 4.78 is 56.8. The fourth-order valence-corrected chi connectivity index (χ4v) is 5.53. The Morgan fingerprint density at radius 3 is 2.40 bits per heavy atom. The van der Waals surface area contributed by atoms with Crippen molar-refractivity contribution >= 4 is 29.3 Å². The number of nitrogen functional groups attached to an aromatic ring is 1. The monoisotopic (exact) mass is 497 g/mol. The van der Waals surface area contributed by atoms with E-state index in [4.69, 9.17) is 29.9 Å². The number of nitrogens with two attached hydrogens (primary N) is 1. The molecule has 30 heavy (non-hydrogen) atoms. The molecule has 0 radical (unpaired) electrons. The Hall–Kier alpha value is -1.03. The van der Waals surface area contributed by atoms with Crippen LogP contribution in [-0.4, -0.2) is 59.8 Å². The molecule has 0 aliphatic carbocycles. The SMILES string of the molecule is COC(OP(=O)(O)OP(=O)(O)OP(=O)(O)O)[C@H]1O[C@@H](n2ccc(N)nc2=O)C[C@@H]1O. The number of aliphatic hydroxyl groups is 1. The third kappa shape index (κ3) is 7.00. The molecule has 0 bridgehead atoms. The highest BCUT2D eigenvalue weighted by Crippen LogP contribution is 2.66. The second-order valence-electron chi connectivity index (χ2n) is 5.70. The molecule has 17 nitrogen and oxygen atoms in total. The van der Waals surface area contributed by atoms with E-state index in [1.165, 1.54) is 12.3 Å². The fraction of sp³-hybridized carbons (Fsp3) is 0.600. The summed E-state index contributed by atoms with van der Waals surface area (Å²) in [5, 5.41) is 10.2. The van der Waals surface area contributed by atoms with Gasteiger partial charge in [0.15, 0.2) is 6.29 Å². The molecule has 1 saturated heterocycles. The van der Waals surface area contributed by atoms with Gasteiger partial charge in [-0.3, -0.25) is 9.09 Å². The zero-order valence-electron chi connectivity index (χ0n) is 14.9. The normalized spacial score (nSPS) is 27.3. The third-order valence-electron chi connectivity index (χ3n) is 3.45. The number of ether oxygens (including phenoxy) is 2. The van der Waals surface area contributed by atoms with Gasteiger partial charge in [-0.1, -0.05) is 0 Å². The number of aliphatic hydroxyl groups excluding tert-OH is 1. The molecule has 1 fully saturated rings. The molecule has 3 unspecified atom stereocenters. The fourth-order valence-electron chi connectivity index (χ4n) is 2.41. The predicted octanol–water partition coefficient (Wildman–Crippen LogP) is -1.21. The average molecular weight is 497 g/mol. The quantitative estimate of drug-likeness (QED) is 0.173. The van der Waals surface area contributed by atoms with Crippen LogP contribution >= 0.6 is 23.5 Å². The first-order valence-electron chi connectivity index (χ1n) is 7.66. The number of rotatable bonds is 9. The summed E-state index contributed by atoms with van der Waals surface area (Å²) in [5.74, 6) is -0.0613. The summed E-state index contributed by atoms with van der Waals surface area (Å²) in [7, 11) is -15.9. The van der Waals surface area contributed by atoms with Gasteiger partial charge in [0.2, 0.25) is 0 Å². The van der Waals surface area contributed by atoms with Gasteiger partial charge in [0.05, 0.1) is 6.10 Å². The van der Waals surface area contributed by atoms with Crippen LogP contribution in [0.25, 0.3) is 0 Å². The minimum absolute atomic E-state index is 0.0613. The first kappa shape index (κ1) is 25.2. The van der Waals surface area contributed by atoms with Crippen molar-refractivity contribution in [1.82, 2.24) is 9.55 Å². The molecule has 1 aromatic heterocycles. The number of phosphoric acid groups is 3. The van der Waals surface area contributed by atoms with E-state index in [1.807, 2.05) is 0 Å². The van der Waals surface area contributed by atoms with Crippen molar-refractivity contribution in [3.05, 3.63) is 22.7 Å². The molecule has 0 amide bonds. The zero-order chi connectivity index (χ0) is 22.9. The van der Waals surface area contributed by atoms with Crippen molar-refractivity contribution in [3.8, 4) is 0 Å². The van der Waals surface area contributed by atoms with Crippen molar-refractivity contribution in [2.45, 2.75) is 31.1 Å². The van der Waals surface area contributed by atoms with Crippen LogP contribution in [0.3, 0.4) is 0 Å². The largest absolute Gasteiger partial charge is 0.490 e. The summed E-state index contributed by atoms with van der Waals surface area (Å²) >= 11 is 0. The van der Waals surface area contributed by atoms with Crippen LogP contribution in [-0.2, 0) is 36.3 Å². The molecule has 1 aliphatic rings. The molecular weight excluding hydrogens is 479 g/mol. The van der Waals surface area contributed by atoms with Crippen LogP contribution in [0.1, 0.15) is 12.6 Å². The van der Waals surface area contributed by atoms with Gasteiger partial charge in [-0.05, 0) is 6.07 Å². The summed E-state index contributed by atoms with van der Waals surface area (Å²) in [6.07, 6.45) is -4.91. The molecule has 2 heterocycles.